The molecule has 0 N–H and O–H groups in total. The maximum Gasteiger partial charge on any atom is 0.123 e. The van der Waals surface area contributed by atoms with E-state index in [1.54, 1.807) is 0 Å². The number of ether oxygens (including phenoxy) is 1. The molecule has 0 aliphatic carbocycles. The summed E-state index contributed by atoms with van der Waals surface area (Å²) in [4.78, 5) is 0. The van der Waals surface area contributed by atoms with Crippen LogP contribution in [-0.4, -0.2) is 6.61 Å². The molecular formula is C17H19FO. The Balaban J connectivity index is 2.50. The van der Waals surface area contributed by atoms with Crippen LogP contribution in [0.4, 0.5) is 4.39 Å². The van der Waals surface area contributed by atoms with Gasteiger partial charge in [-0.25, -0.2) is 4.39 Å². The molecule has 0 spiro atoms. The first-order valence-corrected chi connectivity index (χ1v) is 6.64. The highest BCUT2D eigenvalue weighted by Crippen LogP contribution is 2.32. The van der Waals surface area contributed by atoms with E-state index in [1.165, 1.54) is 17.7 Å². The van der Waals surface area contributed by atoms with Gasteiger partial charge < -0.3 is 4.74 Å². The Bertz CT molecular complexity index is 544. The summed E-state index contributed by atoms with van der Waals surface area (Å²) in [7, 11) is 0. The Morgan fingerprint density at radius 1 is 1.05 bits per heavy atom. The van der Waals surface area contributed by atoms with E-state index in [-0.39, 0.29) is 5.82 Å². The molecule has 0 unspecified atom stereocenters. The number of rotatable bonds is 4. The molecule has 0 aliphatic rings. The highest BCUT2D eigenvalue weighted by Gasteiger charge is 2.10. The highest BCUT2D eigenvalue weighted by molar-refractivity contribution is 5.69. The maximum atomic E-state index is 13.0. The van der Waals surface area contributed by atoms with Crippen molar-refractivity contribution in [3.05, 3.63) is 53.8 Å². The Morgan fingerprint density at radius 2 is 1.74 bits per heavy atom. The van der Waals surface area contributed by atoms with E-state index < -0.39 is 0 Å². The second kappa shape index (κ2) is 5.87. The first-order valence-electron chi connectivity index (χ1n) is 6.64. The van der Waals surface area contributed by atoms with E-state index >= 15 is 0 Å². The van der Waals surface area contributed by atoms with E-state index in [2.05, 4.69) is 19.9 Å². The molecule has 0 bridgehead atoms. The molecule has 1 nitrogen and oxygen atoms in total. The van der Waals surface area contributed by atoms with Crippen molar-refractivity contribution in [3.8, 4) is 16.9 Å². The number of benzene rings is 2. The third kappa shape index (κ3) is 3.14. The summed E-state index contributed by atoms with van der Waals surface area (Å²) in [5, 5.41) is 0. The lowest BCUT2D eigenvalue weighted by Gasteiger charge is -2.15. The van der Waals surface area contributed by atoms with Gasteiger partial charge in [0.1, 0.15) is 11.6 Å². The van der Waals surface area contributed by atoms with Crippen LogP contribution in [0.5, 0.6) is 5.75 Å². The summed E-state index contributed by atoms with van der Waals surface area (Å²) in [6.07, 6.45) is 0. The molecule has 0 saturated heterocycles. The zero-order valence-electron chi connectivity index (χ0n) is 11.6. The average Bonchev–Trinajstić information content (AvgIpc) is 2.39. The van der Waals surface area contributed by atoms with Crippen LogP contribution in [0.3, 0.4) is 0 Å². The van der Waals surface area contributed by atoms with Crippen molar-refractivity contribution in [3.63, 3.8) is 0 Å². The molecule has 19 heavy (non-hydrogen) atoms. The van der Waals surface area contributed by atoms with Gasteiger partial charge in [-0.2, -0.15) is 0 Å². The largest absolute Gasteiger partial charge is 0.494 e. The fourth-order valence-electron chi connectivity index (χ4n) is 2.17. The molecule has 0 heterocycles. The van der Waals surface area contributed by atoms with Crippen molar-refractivity contribution in [2.75, 3.05) is 6.61 Å². The van der Waals surface area contributed by atoms with E-state index in [4.69, 9.17) is 4.74 Å². The number of halogens is 1. The van der Waals surface area contributed by atoms with E-state index in [1.807, 2.05) is 31.2 Å². The maximum absolute atomic E-state index is 13.0. The summed E-state index contributed by atoms with van der Waals surface area (Å²) in [6, 6.07) is 12.7. The fourth-order valence-corrected chi connectivity index (χ4v) is 2.17. The minimum absolute atomic E-state index is 0.212. The predicted molar refractivity (Wildman–Crippen MR) is 77.1 cm³/mol. The van der Waals surface area contributed by atoms with Crippen molar-refractivity contribution >= 4 is 0 Å². The average molecular weight is 258 g/mol. The third-order valence-electron chi connectivity index (χ3n) is 3.11. The van der Waals surface area contributed by atoms with Gasteiger partial charge >= 0.3 is 0 Å². The number of hydrogen-bond acceptors (Lipinski definition) is 1. The lowest BCUT2D eigenvalue weighted by molar-refractivity contribution is 0.340. The standard InChI is InChI=1S/C17H19FO/c1-4-19-15-9-10-16(12(2)3)17(11-15)13-5-7-14(18)8-6-13/h5-12H,4H2,1-3H3. The Hall–Kier alpha value is -1.83. The van der Waals surface area contributed by atoms with Gasteiger partial charge in [-0.05, 0) is 53.8 Å². The molecule has 2 heteroatoms. The lowest BCUT2D eigenvalue weighted by Crippen LogP contribution is -1.96. The summed E-state index contributed by atoms with van der Waals surface area (Å²) in [5.41, 5.74) is 3.38. The highest BCUT2D eigenvalue weighted by atomic mass is 19.1. The van der Waals surface area contributed by atoms with Crippen molar-refractivity contribution in [2.24, 2.45) is 0 Å². The summed E-state index contributed by atoms with van der Waals surface area (Å²) >= 11 is 0. The van der Waals surface area contributed by atoms with Gasteiger partial charge in [0.25, 0.3) is 0 Å². The minimum Gasteiger partial charge on any atom is -0.494 e. The van der Waals surface area contributed by atoms with Gasteiger partial charge in [-0.15, -0.1) is 0 Å². The topological polar surface area (TPSA) is 9.23 Å². The van der Waals surface area contributed by atoms with Crippen LogP contribution in [0, 0.1) is 5.82 Å². The predicted octanol–water partition coefficient (Wildman–Crippen LogP) is 5.01. The van der Waals surface area contributed by atoms with E-state index in [0.29, 0.717) is 12.5 Å². The van der Waals surface area contributed by atoms with Gasteiger partial charge in [0, 0.05) is 0 Å². The van der Waals surface area contributed by atoms with Gasteiger partial charge in [-0.1, -0.05) is 32.0 Å². The molecule has 2 rings (SSSR count). The first-order chi connectivity index (χ1) is 9.11. The number of hydrogen-bond donors (Lipinski definition) is 0. The van der Waals surface area contributed by atoms with Crippen LogP contribution in [0.1, 0.15) is 32.3 Å². The molecule has 0 aliphatic heterocycles. The zero-order chi connectivity index (χ0) is 13.8. The van der Waals surface area contributed by atoms with Crippen LogP contribution in [0.25, 0.3) is 11.1 Å². The fraction of sp³-hybridized carbons (Fsp3) is 0.294. The van der Waals surface area contributed by atoms with Crippen LogP contribution >= 0.6 is 0 Å². The molecule has 2 aromatic rings. The van der Waals surface area contributed by atoms with E-state index in [0.717, 1.165) is 16.9 Å². The van der Waals surface area contributed by atoms with Crippen LogP contribution in [-0.2, 0) is 0 Å². The SMILES string of the molecule is CCOc1ccc(C(C)C)c(-c2ccc(F)cc2)c1. The zero-order valence-corrected chi connectivity index (χ0v) is 11.6. The van der Waals surface area contributed by atoms with Crippen LogP contribution in [0.2, 0.25) is 0 Å². The summed E-state index contributed by atoms with van der Waals surface area (Å²) in [6.45, 7) is 6.92. The summed E-state index contributed by atoms with van der Waals surface area (Å²) in [5.74, 6) is 1.05. The molecule has 0 saturated carbocycles. The lowest BCUT2D eigenvalue weighted by atomic mass is 9.92. The Kier molecular flexibility index (Phi) is 4.20. The quantitative estimate of drug-likeness (QED) is 0.748. The van der Waals surface area contributed by atoms with Gasteiger partial charge in [-0.3, -0.25) is 0 Å². The minimum atomic E-state index is -0.212. The van der Waals surface area contributed by atoms with Crippen LogP contribution < -0.4 is 4.74 Å². The molecule has 0 fully saturated rings. The molecular weight excluding hydrogens is 239 g/mol. The Labute approximate surface area is 114 Å². The molecule has 0 atom stereocenters. The van der Waals surface area contributed by atoms with E-state index in [9.17, 15) is 4.39 Å². The second-order valence-electron chi connectivity index (χ2n) is 4.84. The third-order valence-corrected chi connectivity index (χ3v) is 3.11. The molecule has 0 radical (unpaired) electrons. The smallest absolute Gasteiger partial charge is 0.123 e. The molecule has 100 valence electrons. The van der Waals surface area contributed by atoms with Crippen molar-refractivity contribution in [1.82, 2.24) is 0 Å². The van der Waals surface area contributed by atoms with Crippen molar-refractivity contribution in [1.29, 1.82) is 0 Å². The van der Waals surface area contributed by atoms with Crippen molar-refractivity contribution in [2.45, 2.75) is 26.7 Å². The first kappa shape index (κ1) is 13.6. The van der Waals surface area contributed by atoms with Gasteiger partial charge in [0.15, 0.2) is 0 Å². The molecule has 0 aromatic heterocycles. The normalized spacial score (nSPS) is 10.8. The molecule has 0 amide bonds. The van der Waals surface area contributed by atoms with Gasteiger partial charge in [0.2, 0.25) is 0 Å². The van der Waals surface area contributed by atoms with Crippen molar-refractivity contribution < 1.29 is 9.13 Å². The molecule has 2 aromatic carbocycles. The Morgan fingerprint density at radius 3 is 2.32 bits per heavy atom. The van der Waals surface area contributed by atoms with Gasteiger partial charge in [0.05, 0.1) is 6.61 Å². The monoisotopic (exact) mass is 258 g/mol. The van der Waals surface area contributed by atoms with Crippen LogP contribution in [0.15, 0.2) is 42.5 Å². The second-order valence-corrected chi connectivity index (χ2v) is 4.84. The summed E-state index contributed by atoms with van der Waals surface area (Å²) < 4.78 is 18.6.